The molecule has 0 spiro atoms. The van der Waals surface area contributed by atoms with Gasteiger partial charge in [-0.05, 0) is 25.1 Å². The lowest BCUT2D eigenvalue weighted by molar-refractivity contribution is -0.137. The van der Waals surface area contributed by atoms with Crippen LogP contribution in [0.15, 0.2) is 24.3 Å². The first-order chi connectivity index (χ1) is 9.49. The van der Waals surface area contributed by atoms with Crippen LogP contribution >= 0.6 is 0 Å². The zero-order chi connectivity index (χ0) is 14.6. The topological polar surface area (TPSA) is 30.5 Å². The number of hydrogen-bond donors (Lipinski definition) is 1. The van der Waals surface area contributed by atoms with Gasteiger partial charge in [-0.3, -0.25) is 0 Å². The van der Waals surface area contributed by atoms with Crippen LogP contribution in [0.2, 0.25) is 0 Å². The highest BCUT2D eigenvalue weighted by atomic mass is 19.4. The molecule has 1 aromatic rings. The molecule has 0 aliphatic carbocycles. The average Bonchev–Trinajstić information content (AvgIpc) is 2.90. The molecule has 1 aliphatic heterocycles. The van der Waals surface area contributed by atoms with Gasteiger partial charge >= 0.3 is 6.18 Å². The van der Waals surface area contributed by atoms with Gasteiger partial charge in [-0.25, -0.2) is 0 Å². The van der Waals surface area contributed by atoms with Gasteiger partial charge in [0.1, 0.15) is 0 Å². The fourth-order valence-electron chi connectivity index (χ4n) is 2.24. The monoisotopic (exact) mass is 289 g/mol. The third kappa shape index (κ3) is 4.19. The highest BCUT2D eigenvalue weighted by Crippen LogP contribution is 2.29. The van der Waals surface area contributed by atoms with Crippen LogP contribution in [0.1, 0.15) is 17.5 Å². The molecule has 1 N–H and O–H groups in total. The zero-order valence-corrected chi connectivity index (χ0v) is 11.2. The van der Waals surface area contributed by atoms with Gasteiger partial charge in [0.05, 0.1) is 18.8 Å². The van der Waals surface area contributed by atoms with E-state index in [1.807, 2.05) is 0 Å². The van der Waals surface area contributed by atoms with Crippen molar-refractivity contribution in [3.8, 4) is 0 Å². The molecule has 1 aliphatic rings. The largest absolute Gasteiger partial charge is 0.416 e. The molecule has 1 aromatic carbocycles. The molecule has 3 nitrogen and oxygen atoms in total. The van der Waals surface area contributed by atoms with E-state index in [-0.39, 0.29) is 12.3 Å². The first kappa shape index (κ1) is 15.3. The van der Waals surface area contributed by atoms with Crippen LogP contribution in [0.4, 0.5) is 13.2 Å². The minimum absolute atomic E-state index is 0.0154. The molecule has 1 unspecified atom stereocenters. The zero-order valence-electron chi connectivity index (χ0n) is 11.2. The van der Waals surface area contributed by atoms with Gasteiger partial charge in [-0.2, -0.15) is 13.2 Å². The minimum Gasteiger partial charge on any atom is -0.350 e. The Bertz CT molecular complexity index is 431. The Hall–Kier alpha value is -1.11. The third-order valence-electron chi connectivity index (χ3n) is 3.31. The van der Waals surface area contributed by atoms with Gasteiger partial charge in [0.15, 0.2) is 6.29 Å². The first-order valence-corrected chi connectivity index (χ1v) is 6.55. The summed E-state index contributed by atoms with van der Waals surface area (Å²) in [6, 6.07) is 5.44. The van der Waals surface area contributed by atoms with Crippen molar-refractivity contribution in [3.63, 3.8) is 0 Å². The van der Waals surface area contributed by atoms with E-state index in [1.165, 1.54) is 12.1 Å². The molecule has 0 aromatic heterocycles. The summed E-state index contributed by atoms with van der Waals surface area (Å²) >= 11 is 0. The summed E-state index contributed by atoms with van der Waals surface area (Å²) in [4.78, 5) is 0. The van der Waals surface area contributed by atoms with Crippen molar-refractivity contribution in [3.05, 3.63) is 35.4 Å². The van der Waals surface area contributed by atoms with Crippen LogP contribution in [0.25, 0.3) is 0 Å². The maximum Gasteiger partial charge on any atom is 0.416 e. The Balaban J connectivity index is 1.99. The maximum absolute atomic E-state index is 12.7. The molecule has 1 saturated heterocycles. The lowest BCUT2D eigenvalue weighted by Crippen LogP contribution is -2.32. The number of hydrogen-bond acceptors (Lipinski definition) is 3. The molecular formula is C14H18F3NO2. The molecule has 1 atom stereocenters. The molecule has 0 radical (unpaired) electrons. The summed E-state index contributed by atoms with van der Waals surface area (Å²) in [5.41, 5.74) is 0.0374. The van der Waals surface area contributed by atoms with E-state index in [0.29, 0.717) is 31.6 Å². The molecule has 112 valence electrons. The van der Waals surface area contributed by atoms with E-state index in [9.17, 15) is 13.2 Å². The number of likely N-dealkylation sites (N-methyl/N-ethyl adjacent to an activating group) is 1. The van der Waals surface area contributed by atoms with Gasteiger partial charge in [0.2, 0.25) is 0 Å². The second kappa shape index (κ2) is 6.56. The van der Waals surface area contributed by atoms with Crippen LogP contribution in [0, 0.1) is 0 Å². The summed E-state index contributed by atoms with van der Waals surface area (Å²) in [6.07, 6.45) is -3.45. The predicted octanol–water partition coefficient (Wildman–Crippen LogP) is 2.60. The standard InChI is InChI=1S/C14H18F3NO2/c1-18-12(9-13-19-5-6-20-13)8-10-3-2-4-11(7-10)14(15,16)17/h2-4,7,12-13,18H,5-6,8-9H2,1H3. The van der Waals surface area contributed by atoms with Gasteiger partial charge < -0.3 is 14.8 Å². The normalized spacial score (nSPS) is 18.4. The van der Waals surface area contributed by atoms with Crippen molar-refractivity contribution in [1.82, 2.24) is 5.32 Å². The van der Waals surface area contributed by atoms with Crippen LogP contribution in [-0.4, -0.2) is 32.6 Å². The number of benzene rings is 1. The van der Waals surface area contributed by atoms with E-state index < -0.39 is 11.7 Å². The van der Waals surface area contributed by atoms with Crippen molar-refractivity contribution in [1.29, 1.82) is 0 Å². The van der Waals surface area contributed by atoms with Crippen LogP contribution in [-0.2, 0) is 22.1 Å². The Morgan fingerprint density at radius 2 is 2.00 bits per heavy atom. The second-order valence-electron chi connectivity index (χ2n) is 4.79. The van der Waals surface area contributed by atoms with E-state index in [2.05, 4.69) is 5.32 Å². The van der Waals surface area contributed by atoms with E-state index in [0.717, 1.165) is 6.07 Å². The van der Waals surface area contributed by atoms with Gasteiger partial charge in [-0.15, -0.1) is 0 Å². The quantitative estimate of drug-likeness (QED) is 0.904. The Morgan fingerprint density at radius 3 is 2.60 bits per heavy atom. The summed E-state index contributed by atoms with van der Waals surface area (Å²) in [5.74, 6) is 0. The lowest BCUT2D eigenvalue weighted by atomic mass is 10.0. The molecule has 2 rings (SSSR count). The van der Waals surface area contributed by atoms with E-state index in [1.54, 1.807) is 13.1 Å². The Labute approximate surface area is 116 Å². The smallest absolute Gasteiger partial charge is 0.350 e. The summed E-state index contributed by atoms with van der Waals surface area (Å²) in [5, 5.41) is 3.09. The Morgan fingerprint density at radius 1 is 1.30 bits per heavy atom. The number of nitrogens with one attached hydrogen (secondary N) is 1. The van der Waals surface area contributed by atoms with Crippen LogP contribution < -0.4 is 5.32 Å². The summed E-state index contributed by atoms with van der Waals surface area (Å²) in [7, 11) is 1.78. The SMILES string of the molecule is CNC(Cc1cccc(C(F)(F)F)c1)CC1OCCO1. The predicted molar refractivity (Wildman–Crippen MR) is 68.3 cm³/mol. The van der Waals surface area contributed by atoms with Crippen molar-refractivity contribution in [2.24, 2.45) is 0 Å². The fraction of sp³-hybridized carbons (Fsp3) is 0.571. The van der Waals surface area contributed by atoms with E-state index >= 15 is 0 Å². The van der Waals surface area contributed by atoms with Gasteiger partial charge in [-0.1, -0.05) is 18.2 Å². The van der Waals surface area contributed by atoms with E-state index in [4.69, 9.17) is 9.47 Å². The third-order valence-corrected chi connectivity index (χ3v) is 3.31. The highest BCUT2D eigenvalue weighted by Gasteiger charge is 2.30. The second-order valence-corrected chi connectivity index (χ2v) is 4.79. The van der Waals surface area contributed by atoms with Crippen molar-refractivity contribution < 1.29 is 22.6 Å². The molecule has 6 heteroatoms. The minimum atomic E-state index is -4.30. The number of alkyl halides is 3. The maximum atomic E-state index is 12.7. The summed E-state index contributed by atoms with van der Waals surface area (Å²) in [6.45, 7) is 1.15. The number of rotatable bonds is 5. The van der Waals surface area contributed by atoms with Gasteiger partial charge in [0.25, 0.3) is 0 Å². The molecule has 0 bridgehead atoms. The van der Waals surface area contributed by atoms with Crippen LogP contribution in [0.3, 0.4) is 0 Å². The number of halogens is 3. The van der Waals surface area contributed by atoms with Crippen molar-refractivity contribution in [2.75, 3.05) is 20.3 Å². The fourth-order valence-corrected chi connectivity index (χ4v) is 2.24. The molecule has 0 saturated carbocycles. The Kier molecular flexibility index (Phi) is 5.01. The lowest BCUT2D eigenvalue weighted by Gasteiger charge is -2.20. The molecule has 1 fully saturated rings. The van der Waals surface area contributed by atoms with Crippen molar-refractivity contribution in [2.45, 2.75) is 31.3 Å². The van der Waals surface area contributed by atoms with Crippen LogP contribution in [0.5, 0.6) is 0 Å². The highest BCUT2D eigenvalue weighted by molar-refractivity contribution is 5.26. The average molecular weight is 289 g/mol. The first-order valence-electron chi connectivity index (χ1n) is 6.55. The summed E-state index contributed by atoms with van der Waals surface area (Å²) < 4.78 is 48.7. The van der Waals surface area contributed by atoms with Crippen molar-refractivity contribution >= 4 is 0 Å². The molecular weight excluding hydrogens is 271 g/mol. The number of ether oxygens (including phenoxy) is 2. The molecule has 20 heavy (non-hydrogen) atoms. The molecule has 1 heterocycles. The van der Waals surface area contributed by atoms with Gasteiger partial charge in [0, 0.05) is 12.5 Å². The molecule has 0 amide bonds.